The summed E-state index contributed by atoms with van der Waals surface area (Å²) in [5.41, 5.74) is 2.40. The third kappa shape index (κ3) is 3.67. The van der Waals surface area contributed by atoms with E-state index < -0.39 is 0 Å². The zero-order valence-corrected chi connectivity index (χ0v) is 9.87. The smallest absolute Gasteiger partial charge is 0.0792 e. The van der Waals surface area contributed by atoms with Crippen LogP contribution in [0.1, 0.15) is 56.8 Å². The molecule has 0 amide bonds. The summed E-state index contributed by atoms with van der Waals surface area (Å²) in [5.74, 6) is 0. The Morgan fingerprint density at radius 1 is 1.13 bits per heavy atom. The van der Waals surface area contributed by atoms with E-state index in [1.807, 2.05) is 12.1 Å². The lowest BCUT2D eigenvalue weighted by molar-refractivity contribution is 0.162. The predicted molar refractivity (Wildman–Crippen MR) is 64.9 cm³/mol. The van der Waals surface area contributed by atoms with E-state index in [-0.39, 0.29) is 6.10 Å². The number of aliphatic hydroxyl groups excluding tert-OH is 1. The van der Waals surface area contributed by atoms with Crippen molar-refractivity contribution in [1.29, 1.82) is 0 Å². The van der Waals surface area contributed by atoms with E-state index in [1.54, 1.807) is 0 Å². The first-order valence-corrected chi connectivity index (χ1v) is 6.05. The molecule has 0 aliphatic carbocycles. The fourth-order valence-corrected chi connectivity index (χ4v) is 1.92. The number of unbranched alkanes of at least 4 members (excludes halogenated alkanes) is 2. The minimum Gasteiger partial charge on any atom is -0.388 e. The third-order valence-corrected chi connectivity index (χ3v) is 2.88. The third-order valence-electron chi connectivity index (χ3n) is 2.88. The van der Waals surface area contributed by atoms with Gasteiger partial charge >= 0.3 is 0 Å². The summed E-state index contributed by atoms with van der Waals surface area (Å²) in [6.45, 7) is 4.32. The molecule has 15 heavy (non-hydrogen) atoms. The molecule has 0 fully saturated rings. The lowest BCUT2D eigenvalue weighted by Crippen LogP contribution is -2.01. The van der Waals surface area contributed by atoms with Gasteiger partial charge in [-0.05, 0) is 24.0 Å². The van der Waals surface area contributed by atoms with E-state index in [1.165, 1.54) is 18.4 Å². The summed E-state index contributed by atoms with van der Waals surface area (Å²) < 4.78 is 0. The van der Waals surface area contributed by atoms with Crippen molar-refractivity contribution in [1.82, 2.24) is 0 Å². The highest BCUT2D eigenvalue weighted by atomic mass is 16.3. The van der Waals surface area contributed by atoms with Crippen LogP contribution in [-0.2, 0) is 6.42 Å². The average molecular weight is 206 g/mol. The van der Waals surface area contributed by atoms with Gasteiger partial charge in [-0.25, -0.2) is 0 Å². The summed E-state index contributed by atoms with van der Waals surface area (Å²) in [6, 6.07) is 8.21. The predicted octanol–water partition coefficient (Wildman–Crippen LogP) is 3.86. The van der Waals surface area contributed by atoms with E-state index >= 15 is 0 Å². The lowest BCUT2D eigenvalue weighted by atomic mass is 9.97. The SMILES string of the molecule is CCCCCC(O)c1ccccc1CC. The van der Waals surface area contributed by atoms with Crippen molar-refractivity contribution in [3.8, 4) is 0 Å². The van der Waals surface area contributed by atoms with Gasteiger partial charge in [0.1, 0.15) is 0 Å². The second-order valence-electron chi connectivity index (χ2n) is 4.06. The maximum absolute atomic E-state index is 10.1. The Morgan fingerprint density at radius 3 is 2.53 bits per heavy atom. The van der Waals surface area contributed by atoms with Crippen molar-refractivity contribution in [2.45, 2.75) is 52.1 Å². The van der Waals surface area contributed by atoms with Crippen molar-refractivity contribution in [3.05, 3.63) is 35.4 Å². The molecule has 1 rings (SSSR count). The number of rotatable bonds is 6. The van der Waals surface area contributed by atoms with Crippen LogP contribution in [0.4, 0.5) is 0 Å². The highest BCUT2D eigenvalue weighted by Gasteiger charge is 2.09. The highest BCUT2D eigenvalue weighted by molar-refractivity contribution is 5.28. The zero-order valence-electron chi connectivity index (χ0n) is 9.87. The van der Waals surface area contributed by atoms with Crippen LogP contribution >= 0.6 is 0 Å². The minimum absolute atomic E-state index is 0.271. The summed E-state index contributed by atoms with van der Waals surface area (Å²) in [5, 5.41) is 10.1. The second kappa shape index (κ2) is 6.62. The molecule has 1 atom stereocenters. The Balaban J connectivity index is 2.59. The molecule has 0 spiro atoms. The Hall–Kier alpha value is -0.820. The van der Waals surface area contributed by atoms with E-state index in [0.717, 1.165) is 24.8 Å². The van der Waals surface area contributed by atoms with Gasteiger partial charge in [0.05, 0.1) is 6.10 Å². The molecule has 1 aromatic carbocycles. The monoisotopic (exact) mass is 206 g/mol. The molecule has 1 nitrogen and oxygen atoms in total. The quantitative estimate of drug-likeness (QED) is 0.701. The molecule has 0 aliphatic rings. The van der Waals surface area contributed by atoms with Crippen LogP contribution in [-0.4, -0.2) is 5.11 Å². The van der Waals surface area contributed by atoms with Gasteiger partial charge in [-0.1, -0.05) is 57.4 Å². The number of hydrogen-bond donors (Lipinski definition) is 1. The van der Waals surface area contributed by atoms with Gasteiger partial charge in [0.2, 0.25) is 0 Å². The largest absolute Gasteiger partial charge is 0.388 e. The Morgan fingerprint density at radius 2 is 1.87 bits per heavy atom. The first-order valence-electron chi connectivity index (χ1n) is 6.05. The average Bonchev–Trinajstić information content (AvgIpc) is 2.29. The van der Waals surface area contributed by atoms with Crippen LogP contribution in [0.15, 0.2) is 24.3 Å². The molecule has 1 aromatic rings. The van der Waals surface area contributed by atoms with Crippen molar-refractivity contribution in [2.24, 2.45) is 0 Å². The first-order chi connectivity index (χ1) is 7.29. The van der Waals surface area contributed by atoms with Gasteiger partial charge in [0, 0.05) is 0 Å². The molecule has 0 aliphatic heterocycles. The number of hydrogen-bond acceptors (Lipinski definition) is 1. The van der Waals surface area contributed by atoms with Crippen molar-refractivity contribution >= 4 is 0 Å². The Bertz CT molecular complexity index is 280. The number of aliphatic hydroxyl groups is 1. The van der Waals surface area contributed by atoms with Crippen LogP contribution in [0, 0.1) is 0 Å². The van der Waals surface area contributed by atoms with Crippen molar-refractivity contribution < 1.29 is 5.11 Å². The number of aryl methyl sites for hydroxylation is 1. The molecule has 1 heteroatoms. The second-order valence-corrected chi connectivity index (χ2v) is 4.06. The molecule has 1 N–H and O–H groups in total. The summed E-state index contributed by atoms with van der Waals surface area (Å²) in [6.07, 6.45) is 5.17. The molecule has 0 saturated carbocycles. The fraction of sp³-hybridized carbons (Fsp3) is 0.571. The van der Waals surface area contributed by atoms with Crippen LogP contribution in [0.5, 0.6) is 0 Å². The van der Waals surface area contributed by atoms with Gasteiger partial charge in [0.15, 0.2) is 0 Å². The fourth-order valence-electron chi connectivity index (χ4n) is 1.92. The normalized spacial score (nSPS) is 12.7. The molecular formula is C14H22O. The van der Waals surface area contributed by atoms with Gasteiger partial charge < -0.3 is 5.11 Å². The topological polar surface area (TPSA) is 20.2 Å². The highest BCUT2D eigenvalue weighted by Crippen LogP contribution is 2.23. The summed E-state index contributed by atoms with van der Waals surface area (Å²) >= 11 is 0. The van der Waals surface area contributed by atoms with Gasteiger partial charge in [-0.15, -0.1) is 0 Å². The molecule has 0 heterocycles. The maximum atomic E-state index is 10.1. The molecule has 0 aromatic heterocycles. The van der Waals surface area contributed by atoms with Crippen LogP contribution in [0.25, 0.3) is 0 Å². The van der Waals surface area contributed by atoms with Crippen LogP contribution < -0.4 is 0 Å². The Kier molecular flexibility index (Phi) is 5.41. The van der Waals surface area contributed by atoms with Gasteiger partial charge in [-0.2, -0.15) is 0 Å². The van der Waals surface area contributed by atoms with Crippen molar-refractivity contribution in [3.63, 3.8) is 0 Å². The maximum Gasteiger partial charge on any atom is 0.0792 e. The summed E-state index contributed by atoms with van der Waals surface area (Å²) in [7, 11) is 0. The molecule has 84 valence electrons. The Labute approximate surface area is 93.1 Å². The zero-order chi connectivity index (χ0) is 11.1. The molecule has 0 bridgehead atoms. The van der Waals surface area contributed by atoms with E-state index in [9.17, 15) is 5.11 Å². The first kappa shape index (κ1) is 12.3. The number of benzene rings is 1. The van der Waals surface area contributed by atoms with E-state index in [0.29, 0.717) is 0 Å². The lowest BCUT2D eigenvalue weighted by Gasteiger charge is -2.14. The molecule has 0 saturated heterocycles. The molecule has 1 unspecified atom stereocenters. The van der Waals surface area contributed by atoms with Gasteiger partial charge in [0.25, 0.3) is 0 Å². The van der Waals surface area contributed by atoms with Gasteiger partial charge in [-0.3, -0.25) is 0 Å². The molecule has 0 radical (unpaired) electrons. The van der Waals surface area contributed by atoms with E-state index in [2.05, 4.69) is 26.0 Å². The molecular weight excluding hydrogens is 184 g/mol. The summed E-state index contributed by atoms with van der Waals surface area (Å²) in [4.78, 5) is 0. The van der Waals surface area contributed by atoms with Crippen LogP contribution in [0.3, 0.4) is 0 Å². The van der Waals surface area contributed by atoms with Crippen molar-refractivity contribution in [2.75, 3.05) is 0 Å². The standard InChI is InChI=1S/C14H22O/c1-3-5-6-11-14(15)13-10-8-7-9-12(13)4-2/h7-10,14-15H,3-6,11H2,1-2H3. The minimum atomic E-state index is -0.271. The van der Waals surface area contributed by atoms with E-state index in [4.69, 9.17) is 0 Å². The van der Waals surface area contributed by atoms with Crippen LogP contribution in [0.2, 0.25) is 0 Å².